The molecule has 1 atom stereocenters. The smallest absolute Gasteiger partial charge is 0.190 e. The highest BCUT2D eigenvalue weighted by Gasteiger charge is 2.07. The van der Waals surface area contributed by atoms with E-state index in [4.69, 9.17) is 9.47 Å². The molecule has 0 fully saturated rings. The van der Waals surface area contributed by atoms with E-state index < -0.39 is 0 Å². The van der Waals surface area contributed by atoms with E-state index in [9.17, 15) is 0 Å². The van der Waals surface area contributed by atoms with Gasteiger partial charge >= 0.3 is 0 Å². The van der Waals surface area contributed by atoms with Crippen LogP contribution in [-0.4, -0.2) is 53.0 Å². The second-order valence-corrected chi connectivity index (χ2v) is 6.09. The summed E-state index contributed by atoms with van der Waals surface area (Å²) in [5.41, 5.74) is 0. The van der Waals surface area contributed by atoms with Gasteiger partial charge < -0.3 is 20.1 Å². The molecular weight excluding hydrogens is 298 g/mol. The Kier molecular flexibility index (Phi) is 10.7. The van der Waals surface area contributed by atoms with E-state index in [0.29, 0.717) is 19.1 Å². The first kappa shape index (κ1) is 18.9. The molecule has 0 saturated heterocycles. The molecule has 126 valence electrons. The highest BCUT2D eigenvalue weighted by Crippen LogP contribution is 2.19. The fraction of sp³-hybridized carbons (Fsp3) is 0.688. The van der Waals surface area contributed by atoms with Gasteiger partial charge in [-0.3, -0.25) is 4.99 Å². The van der Waals surface area contributed by atoms with Gasteiger partial charge in [-0.05, 0) is 24.3 Å². The highest BCUT2D eigenvalue weighted by molar-refractivity contribution is 7.10. The minimum Gasteiger partial charge on any atom is -0.382 e. The molecule has 0 spiro atoms. The minimum absolute atomic E-state index is 0.493. The second-order valence-electron chi connectivity index (χ2n) is 5.11. The van der Waals surface area contributed by atoms with Crippen molar-refractivity contribution >= 4 is 17.3 Å². The van der Waals surface area contributed by atoms with Crippen LogP contribution in [0.2, 0.25) is 0 Å². The van der Waals surface area contributed by atoms with Crippen molar-refractivity contribution in [1.82, 2.24) is 10.6 Å². The van der Waals surface area contributed by atoms with Gasteiger partial charge in [0, 0.05) is 44.6 Å². The fourth-order valence-corrected chi connectivity index (χ4v) is 2.71. The number of guanidine groups is 1. The third-order valence-electron chi connectivity index (χ3n) is 3.27. The molecule has 22 heavy (non-hydrogen) atoms. The summed E-state index contributed by atoms with van der Waals surface area (Å²) in [6.45, 7) is 6.14. The summed E-state index contributed by atoms with van der Waals surface area (Å²) in [4.78, 5) is 5.65. The summed E-state index contributed by atoms with van der Waals surface area (Å²) in [6, 6.07) is 4.27. The molecule has 2 N–H and O–H groups in total. The van der Waals surface area contributed by atoms with Gasteiger partial charge in [0.1, 0.15) is 0 Å². The molecule has 1 heterocycles. The van der Waals surface area contributed by atoms with Crippen molar-refractivity contribution in [3.05, 3.63) is 22.4 Å². The molecule has 0 aromatic carbocycles. The van der Waals surface area contributed by atoms with E-state index >= 15 is 0 Å². The van der Waals surface area contributed by atoms with E-state index in [1.807, 2.05) is 0 Å². The quantitative estimate of drug-likeness (QED) is 0.372. The number of methoxy groups -OCH3 is 1. The Morgan fingerprint density at radius 3 is 2.82 bits per heavy atom. The molecule has 1 aromatic rings. The Hall–Kier alpha value is -1.11. The van der Waals surface area contributed by atoms with Crippen molar-refractivity contribution in [3.8, 4) is 0 Å². The van der Waals surface area contributed by atoms with Crippen LogP contribution in [0.4, 0.5) is 0 Å². The van der Waals surface area contributed by atoms with Gasteiger partial charge in [-0.1, -0.05) is 13.0 Å². The molecule has 0 bridgehead atoms. The number of ether oxygens (including phenoxy) is 2. The molecule has 1 unspecified atom stereocenters. The molecule has 6 heteroatoms. The van der Waals surface area contributed by atoms with Gasteiger partial charge in [0.25, 0.3) is 0 Å². The van der Waals surface area contributed by atoms with Gasteiger partial charge in [0.05, 0.1) is 13.2 Å². The first-order valence-corrected chi connectivity index (χ1v) is 8.70. The molecule has 0 aliphatic heterocycles. The number of thiophene rings is 1. The summed E-state index contributed by atoms with van der Waals surface area (Å²) in [5, 5.41) is 8.83. The lowest BCUT2D eigenvalue weighted by atomic mass is 10.1. The van der Waals surface area contributed by atoms with Gasteiger partial charge in [0.2, 0.25) is 0 Å². The highest BCUT2D eigenvalue weighted by atomic mass is 32.1. The Balaban J connectivity index is 2.05. The maximum atomic E-state index is 5.43. The lowest BCUT2D eigenvalue weighted by Gasteiger charge is -2.15. The van der Waals surface area contributed by atoms with Crippen LogP contribution >= 0.6 is 11.3 Å². The number of aliphatic imine (C=N–C) groups is 1. The molecule has 5 nitrogen and oxygen atoms in total. The summed E-state index contributed by atoms with van der Waals surface area (Å²) in [7, 11) is 3.49. The number of nitrogens with one attached hydrogen (secondary N) is 2. The van der Waals surface area contributed by atoms with Crippen LogP contribution in [0.3, 0.4) is 0 Å². The van der Waals surface area contributed by atoms with Gasteiger partial charge in [-0.25, -0.2) is 0 Å². The summed E-state index contributed by atoms with van der Waals surface area (Å²) < 4.78 is 10.4. The van der Waals surface area contributed by atoms with Crippen LogP contribution in [0.25, 0.3) is 0 Å². The predicted molar refractivity (Wildman–Crippen MR) is 94.0 cm³/mol. The van der Waals surface area contributed by atoms with Crippen LogP contribution in [0, 0.1) is 0 Å². The maximum Gasteiger partial charge on any atom is 0.190 e. The number of nitrogens with zero attached hydrogens (tertiary/aromatic N) is 1. The topological polar surface area (TPSA) is 54.9 Å². The third kappa shape index (κ3) is 8.36. The standard InChI is InChI=1S/C16H29N3O2S/c1-14(15-7-6-12-22-15)13-19-16(17-2)18-8-4-5-9-21-11-10-20-3/h6-7,12,14H,4-5,8-11,13H2,1-3H3,(H2,17,18,19). The zero-order chi connectivity index (χ0) is 16.0. The van der Waals surface area contributed by atoms with Crippen LogP contribution in [0.5, 0.6) is 0 Å². The number of rotatable bonds is 11. The SMILES string of the molecule is CN=C(NCCCCOCCOC)NCC(C)c1cccs1. The Bertz CT molecular complexity index is 396. The van der Waals surface area contributed by atoms with Crippen LogP contribution in [-0.2, 0) is 9.47 Å². The molecule has 0 amide bonds. The van der Waals surface area contributed by atoms with Crippen molar-refractivity contribution < 1.29 is 9.47 Å². The monoisotopic (exact) mass is 327 g/mol. The van der Waals surface area contributed by atoms with E-state index in [1.165, 1.54) is 4.88 Å². The lowest BCUT2D eigenvalue weighted by molar-refractivity contribution is 0.0689. The maximum absolute atomic E-state index is 5.43. The Morgan fingerprint density at radius 2 is 2.14 bits per heavy atom. The van der Waals surface area contributed by atoms with Crippen LogP contribution in [0.1, 0.15) is 30.6 Å². The van der Waals surface area contributed by atoms with Crippen LogP contribution < -0.4 is 10.6 Å². The first-order chi connectivity index (χ1) is 10.8. The Morgan fingerprint density at radius 1 is 1.27 bits per heavy atom. The van der Waals surface area contributed by atoms with E-state index in [-0.39, 0.29) is 0 Å². The number of hydrogen-bond donors (Lipinski definition) is 2. The predicted octanol–water partition coefficient (Wildman–Crippen LogP) is 2.46. The van der Waals surface area contributed by atoms with Gasteiger partial charge in [0.15, 0.2) is 5.96 Å². The van der Waals surface area contributed by atoms with Crippen molar-refractivity contribution in [3.63, 3.8) is 0 Å². The average Bonchev–Trinajstić information content (AvgIpc) is 3.07. The molecule has 1 aromatic heterocycles. The lowest BCUT2D eigenvalue weighted by Crippen LogP contribution is -2.39. The molecule has 0 saturated carbocycles. The second kappa shape index (κ2) is 12.4. The average molecular weight is 327 g/mol. The molecule has 1 rings (SSSR count). The largest absolute Gasteiger partial charge is 0.382 e. The minimum atomic E-state index is 0.493. The number of hydrogen-bond acceptors (Lipinski definition) is 4. The first-order valence-electron chi connectivity index (χ1n) is 7.82. The molecule has 0 aliphatic carbocycles. The van der Waals surface area contributed by atoms with E-state index in [2.05, 4.69) is 40.1 Å². The number of unbranched alkanes of at least 4 members (excludes halogenated alkanes) is 1. The van der Waals surface area contributed by atoms with Crippen molar-refractivity contribution in [2.45, 2.75) is 25.7 Å². The van der Waals surface area contributed by atoms with Gasteiger partial charge in [-0.2, -0.15) is 0 Å². The Labute approximate surface area is 138 Å². The van der Waals surface area contributed by atoms with Crippen molar-refractivity contribution in [2.24, 2.45) is 4.99 Å². The zero-order valence-electron chi connectivity index (χ0n) is 13.9. The molecule has 0 aliphatic rings. The zero-order valence-corrected chi connectivity index (χ0v) is 14.7. The fourth-order valence-electron chi connectivity index (χ4n) is 1.92. The molecular formula is C16H29N3O2S. The van der Waals surface area contributed by atoms with Crippen molar-refractivity contribution in [2.75, 3.05) is 47.1 Å². The summed E-state index contributed by atoms with van der Waals surface area (Å²) in [6.07, 6.45) is 2.10. The third-order valence-corrected chi connectivity index (χ3v) is 4.37. The molecule has 0 radical (unpaired) electrons. The summed E-state index contributed by atoms with van der Waals surface area (Å²) in [5.74, 6) is 1.36. The van der Waals surface area contributed by atoms with Gasteiger partial charge in [-0.15, -0.1) is 11.3 Å². The summed E-state index contributed by atoms with van der Waals surface area (Å²) >= 11 is 1.80. The van der Waals surface area contributed by atoms with E-state index in [1.54, 1.807) is 25.5 Å². The normalized spacial score (nSPS) is 13.1. The van der Waals surface area contributed by atoms with E-state index in [0.717, 1.165) is 38.5 Å². The van der Waals surface area contributed by atoms with Crippen LogP contribution in [0.15, 0.2) is 22.5 Å². The van der Waals surface area contributed by atoms with Crippen molar-refractivity contribution in [1.29, 1.82) is 0 Å².